The van der Waals surface area contributed by atoms with Crippen LogP contribution < -0.4 is 9.47 Å². The van der Waals surface area contributed by atoms with Crippen LogP contribution >= 0.6 is 0 Å². The highest BCUT2D eigenvalue weighted by molar-refractivity contribution is 5.57. The van der Waals surface area contributed by atoms with Gasteiger partial charge in [0.05, 0.1) is 20.3 Å². The number of benzene rings is 1. The molecular formula is C15H21NO3. The van der Waals surface area contributed by atoms with E-state index in [2.05, 4.69) is 18.0 Å². The van der Waals surface area contributed by atoms with Gasteiger partial charge in [-0.3, -0.25) is 4.90 Å². The van der Waals surface area contributed by atoms with E-state index < -0.39 is 0 Å². The summed E-state index contributed by atoms with van der Waals surface area (Å²) in [6.45, 7) is 1.03. The first-order valence-corrected chi connectivity index (χ1v) is 6.80. The number of ether oxygens (including phenoxy) is 2. The molecule has 3 rings (SSSR count). The number of likely N-dealkylation sites (N-methyl/N-ethyl adjacent to an activating group) is 1. The number of methoxy groups -OCH3 is 2. The molecule has 0 saturated carbocycles. The van der Waals surface area contributed by atoms with Gasteiger partial charge in [-0.15, -0.1) is 0 Å². The molecule has 1 aromatic rings. The Morgan fingerprint density at radius 2 is 2.11 bits per heavy atom. The van der Waals surface area contributed by atoms with Crippen molar-refractivity contribution < 1.29 is 14.6 Å². The maximum Gasteiger partial charge on any atom is 0.164 e. The second-order valence-electron chi connectivity index (χ2n) is 5.50. The summed E-state index contributed by atoms with van der Waals surface area (Å²) in [5.74, 6) is 1.58. The first kappa shape index (κ1) is 12.8. The zero-order valence-electron chi connectivity index (χ0n) is 11.8. The summed E-state index contributed by atoms with van der Waals surface area (Å²) in [7, 11) is 5.47. The largest absolute Gasteiger partial charge is 0.493 e. The molecule has 1 heterocycles. The van der Waals surface area contributed by atoms with Crippen LogP contribution in [0.15, 0.2) is 6.07 Å². The van der Waals surface area contributed by atoms with Gasteiger partial charge in [-0.05, 0) is 37.1 Å². The van der Waals surface area contributed by atoms with Crippen molar-refractivity contribution in [3.63, 3.8) is 0 Å². The van der Waals surface area contributed by atoms with Gasteiger partial charge in [-0.2, -0.15) is 0 Å². The van der Waals surface area contributed by atoms with Crippen molar-refractivity contribution in [2.45, 2.75) is 31.4 Å². The summed E-state index contributed by atoms with van der Waals surface area (Å²) in [6.07, 6.45) is 2.21. The van der Waals surface area contributed by atoms with E-state index in [9.17, 15) is 5.11 Å². The third-order valence-corrected chi connectivity index (χ3v) is 4.43. The fourth-order valence-corrected chi connectivity index (χ4v) is 3.51. The standard InChI is InChI=1S/C15H21NO3/c1-16-5-4-9-6-13(18-2)15(19-3)11-7-10(17)8-12(16)14(9)11/h6,10,12,17H,4-5,7-8H2,1-3H3/t10-,12-/m0/s1. The fourth-order valence-electron chi connectivity index (χ4n) is 3.51. The molecule has 2 aliphatic rings. The van der Waals surface area contributed by atoms with E-state index in [-0.39, 0.29) is 6.10 Å². The van der Waals surface area contributed by atoms with Crippen molar-refractivity contribution in [2.75, 3.05) is 27.8 Å². The number of hydrogen-bond acceptors (Lipinski definition) is 4. The van der Waals surface area contributed by atoms with E-state index in [0.717, 1.165) is 36.4 Å². The van der Waals surface area contributed by atoms with Gasteiger partial charge in [0.15, 0.2) is 11.5 Å². The lowest BCUT2D eigenvalue weighted by molar-refractivity contribution is 0.0946. The van der Waals surface area contributed by atoms with Crippen molar-refractivity contribution in [1.29, 1.82) is 0 Å². The van der Waals surface area contributed by atoms with Gasteiger partial charge >= 0.3 is 0 Å². The zero-order valence-corrected chi connectivity index (χ0v) is 11.8. The number of aliphatic hydroxyl groups excluding tert-OH is 1. The second kappa shape index (κ2) is 4.69. The highest BCUT2D eigenvalue weighted by Crippen LogP contribution is 2.46. The van der Waals surface area contributed by atoms with E-state index in [0.29, 0.717) is 12.5 Å². The molecule has 0 unspecified atom stereocenters. The summed E-state index contributed by atoms with van der Waals surface area (Å²) in [5, 5.41) is 10.2. The van der Waals surface area contributed by atoms with Crippen molar-refractivity contribution in [1.82, 2.24) is 4.90 Å². The average molecular weight is 263 g/mol. The quantitative estimate of drug-likeness (QED) is 0.879. The van der Waals surface area contributed by atoms with Gasteiger partial charge < -0.3 is 14.6 Å². The predicted octanol–water partition coefficient (Wildman–Crippen LogP) is 1.54. The van der Waals surface area contributed by atoms with Crippen LogP contribution in [0, 0.1) is 0 Å². The van der Waals surface area contributed by atoms with Crippen molar-refractivity contribution in [3.8, 4) is 11.5 Å². The van der Waals surface area contributed by atoms with Crippen molar-refractivity contribution >= 4 is 0 Å². The molecule has 0 bridgehead atoms. The van der Waals surface area contributed by atoms with Gasteiger partial charge in [0, 0.05) is 24.6 Å². The first-order valence-electron chi connectivity index (χ1n) is 6.80. The average Bonchev–Trinajstić information content (AvgIpc) is 2.41. The number of rotatable bonds is 2. The molecule has 0 saturated heterocycles. The van der Waals surface area contributed by atoms with E-state index in [1.54, 1.807) is 14.2 Å². The molecule has 1 aliphatic heterocycles. The Hall–Kier alpha value is -1.26. The Balaban J connectivity index is 2.22. The Kier molecular flexibility index (Phi) is 3.15. The Morgan fingerprint density at radius 3 is 2.79 bits per heavy atom. The summed E-state index contributed by atoms with van der Waals surface area (Å²) in [6, 6.07) is 2.41. The SMILES string of the molecule is COc1cc2c3c(c1OC)C[C@H](O)C[C@@H]3N(C)CC2. The summed E-state index contributed by atoms with van der Waals surface area (Å²) < 4.78 is 11.0. The predicted molar refractivity (Wildman–Crippen MR) is 72.9 cm³/mol. The molecule has 2 atom stereocenters. The molecule has 0 amide bonds. The van der Waals surface area contributed by atoms with Crippen molar-refractivity contribution in [2.24, 2.45) is 0 Å². The molecule has 0 radical (unpaired) electrons. The number of hydrogen-bond donors (Lipinski definition) is 1. The highest BCUT2D eigenvalue weighted by Gasteiger charge is 2.36. The maximum atomic E-state index is 10.2. The normalized spacial score (nSPS) is 25.9. The van der Waals surface area contributed by atoms with E-state index in [4.69, 9.17) is 9.47 Å². The third kappa shape index (κ3) is 1.90. The number of nitrogens with zero attached hydrogens (tertiary/aromatic N) is 1. The van der Waals surface area contributed by atoms with Gasteiger partial charge in [-0.1, -0.05) is 0 Å². The lowest BCUT2D eigenvalue weighted by Crippen LogP contribution is -2.38. The zero-order chi connectivity index (χ0) is 13.6. The summed E-state index contributed by atoms with van der Waals surface area (Å²) in [4.78, 5) is 2.33. The molecular weight excluding hydrogens is 242 g/mol. The molecule has 4 heteroatoms. The molecule has 0 aromatic heterocycles. The third-order valence-electron chi connectivity index (χ3n) is 4.43. The molecule has 1 aromatic carbocycles. The van der Waals surface area contributed by atoms with Crippen LogP contribution in [0.3, 0.4) is 0 Å². The maximum absolute atomic E-state index is 10.2. The molecule has 104 valence electrons. The second-order valence-corrected chi connectivity index (χ2v) is 5.50. The van der Waals surface area contributed by atoms with Crippen LogP contribution in [0.1, 0.15) is 29.2 Å². The Bertz CT molecular complexity index is 501. The van der Waals surface area contributed by atoms with E-state index >= 15 is 0 Å². The van der Waals surface area contributed by atoms with Crippen LogP contribution in [0.2, 0.25) is 0 Å². The van der Waals surface area contributed by atoms with Gasteiger partial charge in [0.25, 0.3) is 0 Å². The van der Waals surface area contributed by atoms with Gasteiger partial charge in [0.2, 0.25) is 0 Å². The van der Waals surface area contributed by atoms with Crippen LogP contribution in [0.25, 0.3) is 0 Å². The van der Waals surface area contributed by atoms with Gasteiger partial charge in [0.1, 0.15) is 0 Å². The van der Waals surface area contributed by atoms with Crippen LogP contribution in [0.4, 0.5) is 0 Å². The van der Waals surface area contributed by atoms with E-state index in [1.165, 1.54) is 11.1 Å². The first-order chi connectivity index (χ1) is 9.15. The Morgan fingerprint density at radius 1 is 1.32 bits per heavy atom. The molecule has 0 spiro atoms. The van der Waals surface area contributed by atoms with Crippen LogP contribution in [-0.4, -0.2) is 43.9 Å². The lowest BCUT2D eigenvalue weighted by Gasteiger charge is -2.41. The minimum atomic E-state index is -0.299. The van der Waals surface area contributed by atoms with Gasteiger partial charge in [-0.25, -0.2) is 0 Å². The number of aliphatic hydroxyl groups is 1. The molecule has 4 nitrogen and oxygen atoms in total. The topological polar surface area (TPSA) is 41.9 Å². The molecule has 19 heavy (non-hydrogen) atoms. The summed E-state index contributed by atoms with van der Waals surface area (Å²) >= 11 is 0. The minimum Gasteiger partial charge on any atom is -0.493 e. The Labute approximate surface area is 113 Å². The molecule has 0 fully saturated rings. The van der Waals surface area contributed by atoms with Crippen molar-refractivity contribution in [3.05, 3.63) is 22.8 Å². The highest BCUT2D eigenvalue weighted by atomic mass is 16.5. The smallest absolute Gasteiger partial charge is 0.164 e. The molecule has 1 aliphatic carbocycles. The molecule has 1 N–H and O–H groups in total. The minimum absolute atomic E-state index is 0.299. The lowest BCUT2D eigenvalue weighted by atomic mass is 9.79. The monoisotopic (exact) mass is 263 g/mol. The van der Waals surface area contributed by atoms with Crippen LogP contribution in [-0.2, 0) is 12.8 Å². The fraction of sp³-hybridized carbons (Fsp3) is 0.600. The van der Waals surface area contributed by atoms with Crippen LogP contribution in [0.5, 0.6) is 11.5 Å². The van der Waals surface area contributed by atoms with E-state index in [1.807, 2.05) is 0 Å². The summed E-state index contributed by atoms with van der Waals surface area (Å²) in [5.41, 5.74) is 3.84.